The summed E-state index contributed by atoms with van der Waals surface area (Å²) >= 11 is 0. The summed E-state index contributed by atoms with van der Waals surface area (Å²) in [5.74, 6) is -0.475. The van der Waals surface area contributed by atoms with E-state index in [4.69, 9.17) is 16.2 Å². The molecule has 0 aliphatic rings. The fourth-order valence-corrected chi connectivity index (χ4v) is 3.65. The molecule has 4 rings (SSSR count). The van der Waals surface area contributed by atoms with Crippen LogP contribution in [0.15, 0.2) is 54.6 Å². The minimum Gasteiger partial charge on any atom is -0.471 e. The van der Waals surface area contributed by atoms with Crippen molar-refractivity contribution in [2.75, 3.05) is 5.73 Å². The number of alkyl halides is 2. The fourth-order valence-electron chi connectivity index (χ4n) is 3.65. The van der Waals surface area contributed by atoms with Gasteiger partial charge >= 0.3 is 0 Å². The average Bonchev–Trinajstić information content (AvgIpc) is 2.82. The number of aryl methyl sites for hydroxylation is 1. The van der Waals surface area contributed by atoms with Gasteiger partial charge in [0.15, 0.2) is 0 Å². The van der Waals surface area contributed by atoms with Crippen molar-refractivity contribution in [2.45, 2.75) is 39.3 Å². The van der Waals surface area contributed by atoms with Gasteiger partial charge in [0.25, 0.3) is 6.43 Å². The molecule has 7 nitrogen and oxygen atoms in total. The van der Waals surface area contributed by atoms with Crippen molar-refractivity contribution >= 4 is 5.95 Å². The molecule has 4 aromatic rings. The molecular weight excluding hydrogens is 469 g/mol. The van der Waals surface area contributed by atoms with Crippen LogP contribution < -0.4 is 16.2 Å². The smallest absolute Gasteiger partial charge is 0.280 e. The van der Waals surface area contributed by atoms with Gasteiger partial charge in [0, 0.05) is 11.3 Å². The van der Waals surface area contributed by atoms with E-state index >= 15 is 0 Å². The highest BCUT2D eigenvalue weighted by Crippen LogP contribution is 2.39. The zero-order chi connectivity index (χ0) is 26.0. The van der Waals surface area contributed by atoms with Gasteiger partial charge < -0.3 is 16.2 Å². The van der Waals surface area contributed by atoms with Gasteiger partial charge in [-0.1, -0.05) is 6.07 Å². The first-order valence-electron chi connectivity index (χ1n) is 11.1. The van der Waals surface area contributed by atoms with Crippen molar-refractivity contribution in [1.82, 2.24) is 19.9 Å². The van der Waals surface area contributed by atoms with E-state index < -0.39 is 23.5 Å². The summed E-state index contributed by atoms with van der Waals surface area (Å²) < 4.78 is 46.8. The average molecular weight is 495 g/mol. The van der Waals surface area contributed by atoms with E-state index in [1.54, 1.807) is 19.1 Å². The number of nitrogens with two attached hydrogens (primary N) is 2. The van der Waals surface area contributed by atoms with Crippen molar-refractivity contribution in [3.63, 3.8) is 0 Å². The summed E-state index contributed by atoms with van der Waals surface area (Å²) in [5.41, 5.74) is 14.2. The van der Waals surface area contributed by atoms with Crippen LogP contribution in [-0.2, 0) is 12.1 Å². The lowest BCUT2D eigenvalue weighted by atomic mass is 9.99. The van der Waals surface area contributed by atoms with E-state index in [0.717, 1.165) is 0 Å². The number of rotatable bonds is 7. The van der Waals surface area contributed by atoms with Crippen LogP contribution in [-0.4, -0.2) is 19.9 Å². The van der Waals surface area contributed by atoms with Gasteiger partial charge in [-0.05, 0) is 74.9 Å². The third-order valence-corrected chi connectivity index (χ3v) is 5.32. The monoisotopic (exact) mass is 494 g/mol. The largest absolute Gasteiger partial charge is 0.471 e. The highest BCUT2D eigenvalue weighted by molar-refractivity contribution is 5.85. The van der Waals surface area contributed by atoms with Crippen LogP contribution in [0.25, 0.3) is 22.4 Å². The third kappa shape index (κ3) is 5.60. The molecule has 0 aliphatic heterocycles. The van der Waals surface area contributed by atoms with E-state index in [0.29, 0.717) is 39.5 Å². The predicted molar refractivity (Wildman–Crippen MR) is 131 cm³/mol. The summed E-state index contributed by atoms with van der Waals surface area (Å²) in [6.07, 6.45) is -2.79. The molecule has 0 spiro atoms. The van der Waals surface area contributed by atoms with Crippen molar-refractivity contribution in [1.29, 1.82) is 0 Å². The molecule has 0 unspecified atom stereocenters. The number of benzene rings is 1. The molecule has 36 heavy (non-hydrogen) atoms. The molecule has 0 aliphatic carbocycles. The third-order valence-electron chi connectivity index (χ3n) is 5.32. The zero-order valence-corrected chi connectivity index (χ0v) is 20.0. The fraction of sp³-hybridized carbons (Fsp3) is 0.231. The standard InChI is InChI=1S/C26H25F3N6O/c1-14-11-16(12-19(32-14)23(28)29)21-22(15-7-9-17(27)10-8-15)34-25(30)35-24(21)36-13-18-5-4-6-20(33-18)26(2,3)31/h4-12,23H,13,31H2,1-3H3,(H2,30,34,35). The van der Waals surface area contributed by atoms with Crippen LogP contribution in [0, 0.1) is 12.7 Å². The van der Waals surface area contributed by atoms with E-state index in [2.05, 4.69) is 19.9 Å². The Morgan fingerprint density at radius 2 is 1.67 bits per heavy atom. The number of ether oxygens (including phenoxy) is 1. The van der Waals surface area contributed by atoms with Gasteiger partial charge in [-0.2, -0.15) is 4.98 Å². The van der Waals surface area contributed by atoms with E-state index in [9.17, 15) is 13.2 Å². The summed E-state index contributed by atoms with van der Waals surface area (Å²) in [6.45, 7) is 5.28. The number of hydrogen-bond acceptors (Lipinski definition) is 7. The first kappa shape index (κ1) is 25.1. The molecule has 0 radical (unpaired) electrons. The molecule has 186 valence electrons. The Morgan fingerprint density at radius 3 is 2.33 bits per heavy atom. The molecule has 0 atom stereocenters. The first-order chi connectivity index (χ1) is 17.0. The molecule has 3 heterocycles. The predicted octanol–water partition coefficient (Wildman–Crippen LogP) is 5.34. The number of pyridine rings is 2. The van der Waals surface area contributed by atoms with Gasteiger partial charge in [0.05, 0.1) is 28.2 Å². The van der Waals surface area contributed by atoms with Gasteiger partial charge in [-0.15, -0.1) is 0 Å². The van der Waals surface area contributed by atoms with Crippen LogP contribution in [0.5, 0.6) is 5.88 Å². The molecule has 0 saturated heterocycles. The lowest BCUT2D eigenvalue weighted by Crippen LogP contribution is -2.30. The summed E-state index contributed by atoms with van der Waals surface area (Å²) in [7, 11) is 0. The molecule has 1 aromatic carbocycles. The molecule has 3 aromatic heterocycles. The zero-order valence-electron chi connectivity index (χ0n) is 20.0. The van der Waals surface area contributed by atoms with Crippen LogP contribution in [0.2, 0.25) is 0 Å². The number of anilines is 1. The van der Waals surface area contributed by atoms with Crippen LogP contribution in [0.3, 0.4) is 0 Å². The first-order valence-corrected chi connectivity index (χ1v) is 11.1. The number of nitrogen functional groups attached to an aromatic ring is 1. The van der Waals surface area contributed by atoms with Gasteiger partial charge in [-0.3, -0.25) is 9.97 Å². The Balaban J connectivity index is 1.85. The lowest BCUT2D eigenvalue weighted by Gasteiger charge is -2.19. The summed E-state index contributed by atoms with van der Waals surface area (Å²) in [4.78, 5) is 17.1. The molecule has 0 saturated carbocycles. The Hall–Kier alpha value is -4.05. The van der Waals surface area contributed by atoms with Crippen molar-refractivity contribution in [2.24, 2.45) is 5.73 Å². The Labute approximate surface area is 206 Å². The Bertz CT molecular complexity index is 1390. The van der Waals surface area contributed by atoms with Crippen molar-refractivity contribution in [3.8, 4) is 28.3 Å². The Morgan fingerprint density at radius 1 is 0.944 bits per heavy atom. The topological polar surface area (TPSA) is 113 Å². The highest BCUT2D eigenvalue weighted by atomic mass is 19.3. The van der Waals surface area contributed by atoms with Crippen LogP contribution >= 0.6 is 0 Å². The van der Waals surface area contributed by atoms with Crippen molar-refractivity contribution in [3.05, 3.63) is 83.2 Å². The van der Waals surface area contributed by atoms with E-state index in [1.165, 1.54) is 30.3 Å². The normalized spacial score (nSPS) is 11.7. The number of hydrogen-bond donors (Lipinski definition) is 2. The minimum absolute atomic E-state index is 0.00199. The molecule has 10 heteroatoms. The molecule has 0 bridgehead atoms. The number of aromatic nitrogens is 4. The van der Waals surface area contributed by atoms with Gasteiger partial charge in [0.2, 0.25) is 11.8 Å². The Kier molecular flexibility index (Phi) is 6.89. The molecular formula is C26H25F3N6O. The minimum atomic E-state index is -2.79. The van der Waals surface area contributed by atoms with Crippen molar-refractivity contribution < 1.29 is 17.9 Å². The SMILES string of the molecule is Cc1cc(-c2c(OCc3cccc(C(C)(C)N)n3)nc(N)nc2-c2ccc(F)cc2)cc(C(F)F)n1. The van der Waals surface area contributed by atoms with E-state index in [1.807, 2.05) is 26.0 Å². The van der Waals surface area contributed by atoms with E-state index in [-0.39, 0.29) is 18.4 Å². The van der Waals surface area contributed by atoms with Gasteiger partial charge in [0.1, 0.15) is 18.1 Å². The maximum Gasteiger partial charge on any atom is 0.280 e. The molecule has 0 amide bonds. The second kappa shape index (κ2) is 9.90. The summed E-state index contributed by atoms with van der Waals surface area (Å²) in [6, 6.07) is 13.8. The quantitative estimate of drug-likeness (QED) is 0.356. The second-order valence-corrected chi connectivity index (χ2v) is 8.86. The highest BCUT2D eigenvalue weighted by Gasteiger charge is 2.22. The van der Waals surface area contributed by atoms with Crippen LogP contribution in [0.1, 0.15) is 43.0 Å². The lowest BCUT2D eigenvalue weighted by molar-refractivity contribution is 0.146. The second-order valence-electron chi connectivity index (χ2n) is 8.86. The maximum atomic E-state index is 13.6. The molecule has 4 N–H and O–H groups in total. The maximum absolute atomic E-state index is 13.6. The molecule has 0 fully saturated rings. The van der Waals surface area contributed by atoms with Gasteiger partial charge in [-0.25, -0.2) is 18.2 Å². The summed E-state index contributed by atoms with van der Waals surface area (Å²) in [5, 5.41) is 0. The number of halogens is 3. The van der Waals surface area contributed by atoms with Crippen LogP contribution in [0.4, 0.5) is 19.1 Å². The number of nitrogens with zero attached hydrogens (tertiary/aromatic N) is 4.